The van der Waals surface area contributed by atoms with E-state index in [1.807, 2.05) is 55.6 Å². The van der Waals surface area contributed by atoms with Crippen molar-refractivity contribution in [2.45, 2.75) is 0 Å². The van der Waals surface area contributed by atoms with Gasteiger partial charge in [0.1, 0.15) is 11.9 Å². The summed E-state index contributed by atoms with van der Waals surface area (Å²) >= 11 is 0. The minimum Gasteiger partial charge on any atom is -0.407 e. The minimum absolute atomic E-state index is 0. The Bertz CT molecular complexity index is 1260. The molecule has 0 saturated carbocycles. The summed E-state index contributed by atoms with van der Waals surface area (Å²) in [6.07, 6.45) is 7.45. The van der Waals surface area contributed by atoms with Crippen molar-refractivity contribution < 1.29 is 16.1 Å². The normalized spacial score (nSPS) is 9.94. The molecule has 3 aromatic rings. The molecule has 0 bridgehead atoms. The zero-order chi connectivity index (χ0) is 21.7. The van der Waals surface area contributed by atoms with Crippen LogP contribution in [0.2, 0.25) is 0 Å². The molecule has 0 radical (unpaired) electrons. The molecular weight excluding hydrogens is 386 g/mol. The van der Waals surface area contributed by atoms with Crippen LogP contribution < -0.4 is 10.1 Å². The van der Waals surface area contributed by atoms with Crippen molar-refractivity contribution in [2.75, 3.05) is 12.4 Å². The van der Waals surface area contributed by atoms with Gasteiger partial charge in [-0.15, -0.1) is 6.42 Å². The number of rotatable bonds is 6. The van der Waals surface area contributed by atoms with E-state index in [-0.39, 0.29) is 11.4 Å². The van der Waals surface area contributed by atoms with Gasteiger partial charge < -0.3 is 10.1 Å². The van der Waals surface area contributed by atoms with E-state index in [0.717, 1.165) is 17.1 Å². The molecule has 6 heteroatoms. The maximum Gasteiger partial charge on any atom is 0.140 e. The Balaban J connectivity index is -0.000000340. The van der Waals surface area contributed by atoms with Crippen molar-refractivity contribution in [3.8, 4) is 42.0 Å². The lowest BCUT2D eigenvalue weighted by atomic mass is 10.3. The van der Waals surface area contributed by atoms with Gasteiger partial charge in [-0.25, -0.2) is 0 Å². The van der Waals surface area contributed by atoms with E-state index in [1.54, 1.807) is 24.3 Å². The average molecular weight is 420 g/mol. The molecule has 1 N–H and O–H groups in total. The molecule has 0 spiro atoms. The molecular formula is C25H33N5O. The van der Waals surface area contributed by atoms with Crippen LogP contribution >= 0.6 is 0 Å². The molecule has 0 heterocycles. The van der Waals surface area contributed by atoms with Crippen LogP contribution in [0.1, 0.15) is 11.4 Å². The van der Waals surface area contributed by atoms with Gasteiger partial charge in [0.2, 0.25) is 0 Å². The van der Waals surface area contributed by atoms with E-state index in [4.69, 9.17) is 11.2 Å². The molecule has 0 unspecified atom stereocenters. The first-order chi connectivity index (χ1) is 15.3. The minimum atomic E-state index is 0. The third-order valence-corrected chi connectivity index (χ3v) is 3.82. The Morgan fingerprint density at radius 3 is 1.58 bits per heavy atom. The van der Waals surface area contributed by atoms with Crippen molar-refractivity contribution in [1.29, 1.82) is 0 Å². The fourth-order valence-corrected chi connectivity index (χ4v) is 2.27. The van der Waals surface area contributed by atoms with E-state index >= 15 is 0 Å². The number of hydrogen-bond donors (Lipinski definition) is 1. The number of nitrogens with zero attached hydrogens (tertiary/aromatic N) is 4. The second kappa shape index (κ2) is 11.2. The predicted octanol–water partition coefficient (Wildman–Crippen LogP) is 8.50. The molecule has 0 aliphatic rings. The van der Waals surface area contributed by atoms with Gasteiger partial charge in [0.15, 0.2) is 0 Å². The first-order valence-corrected chi connectivity index (χ1v) is 9.21. The largest absolute Gasteiger partial charge is 0.407 e. The Morgan fingerprint density at radius 2 is 1.13 bits per heavy atom. The molecule has 0 amide bonds. The van der Waals surface area contributed by atoms with E-state index in [9.17, 15) is 0 Å². The molecule has 0 saturated heterocycles. The smallest absolute Gasteiger partial charge is 0.140 e. The Hall–Kier alpha value is -4.86. The first-order valence-electron chi connectivity index (χ1n) is 9.21. The van der Waals surface area contributed by atoms with Gasteiger partial charge in [-0.1, -0.05) is 0 Å². The van der Waals surface area contributed by atoms with Crippen LogP contribution in [-0.2, 0) is 0 Å². The number of anilines is 1. The highest BCUT2D eigenvalue weighted by Crippen LogP contribution is 2.24. The van der Waals surface area contributed by atoms with Crippen LogP contribution in [0.5, 0.6) is 5.75 Å². The molecule has 31 heavy (non-hydrogen) atoms. The van der Waals surface area contributed by atoms with Crippen LogP contribution in [-0.4, -0.2) is 7.05 Å². The monoisotopic (exact) mass is 419 g/mol. The van der Waals surface area contributed by atoms with Crippen LogP contribution in [0.15, 0.2) is 93.3 Å². The lowest BCUT2D eigenvalue weighted by molar-refractivity contribution is 0.520. The summed E-state index contributed by atoms with van der Waals surface area (Å²) < 4.78 is 5.22. The van der Waals surface area contributed by atoms with E-state index in [1.165, 1.54) is 0 Å². The first kappa shape index (κ1) is 20.9. The summed E-state index contributed by atoms with van der Waals surface area (Å²) in [5.74, 6) is 10.1. The molecule has 0 aliphatic heterocycles. The maximum atomic E-state index is 5.22. The SMILES string of the molecule is C#CC#CC#COc1ccc(N=Nc2ccc(N=Nc3ccc(NC)cc3)cc2)cc1.[HH].[HH].[HH].[HH].[HH].[HH].[HH].[HH]. The molecule has 0 atom stereocenters. The number of hydrogen-bond acceptors (Lipinski definition) is 6. The van der Waals surface area contributed by atoms with Crippen molar-refractivity contribution in [1.82, 2.24) is 0 Å². The third-order valence-electron chi connectivity index (χ3n) is 3.82. The molecule has 3 rings (SSSR count). The summed E-state index contributed by atoms with van der Waals surface area (Å²) in [5.41, 5.74) is 3.92. The highest BCUT2D eigenvalue weighted by molar-refractivity contribution is 5.51. The zero-order valence-corrected chi connectivity index (χ0v) is 16.7. The predicted molar refractivity (Wildman–Crippen MR) is 139 cm³/mol. The lowest BCUT2D eigenvalue weighted by Gasteiger charge is -1.99. The van der Waals surface area contributed by atoms with E-state index < -0.39 is 0 Å². The Morgan fingerprint density at radius 1 is 0.677 bits per heavy atom. The number of ether oxygens (including phenoxy) is 1. The van der Waals surface area contributed by atoms with Crippen LogP contribution in [0, 0.1) is 36.2 Å². The standard InChI is InChI=1S/C25H17N5O.8H2/c1-3-4-5-6-19-31-25-17-15-24(16-18-25)30-29-23-13-11-22(12-14-23)28-27-21-9-7-20(26-2)8-10-21;;;;;;;;/h1,7-18,26H,2H3;8*1H. The highest BCUT2D eigenvalue weighted by Gasteiger charge is 1.96. The summed E-state index contributed by atoms with van der Waals surface area (Å²) in [7, 11) is 1.87. The summed E-state index contributed by atoms with van der Waals surface area (Å²) in [5, 5.41) is 19.9. The van der Waals surface area contributed by atoms with Crippen molar-refractivity contribution in [3.05, 3.63) is 72.8 Å². The second-order valence-corrected chi connectivity index (χ2v) is 5.93. The molecule has 164 valence electrons. The topological polar surface area (TPSA) is 70.7 Å². The zero-order valence-electron chi connectivity index (χ0n) is 16.7. The number of terminal acetylenes is 1. The fraction of sp³-hybridized carbons (Fsp3) is 0.0400. The molecule has 0 aliphatic carbocycles. The van der Waals surface area contributed by atoms with Crippen LogP contribution in [0.4, 0.5) is 28.4 Å². The molecule has 0 aromatic heterocycles. The Kier molecular flexibility index (Phi) is 7.55. The summed E-state index contributed by atoms with van der Waals surface area (Å²) in [4.78, 5) is 0. The van der Waals surface area contributed by atoms with Gasteiger partial charge in [0, 0.05) is 36.0 Å². The van der Waals surface area contributed by atoms with Crippen molar-refractivity contribution in [3.63, 3.8) is 0 Å². The van der Waals surface area contributed by atoms with Gasteiger partial charge in [-0.3, -0.25) is 0 Å². The molecule has 0 fully saturated rings. The summed E-state index contributed by atoms with van der Waals surface area (Å²) in [6, 6.07) is 22.0. The maximum absolute atomic E-state index is 5.22. The van der Waals surface area contributed by atoms with Gasteiger partial charge in [-0.05, 0) is 84.6 Å². The van der Waals surface area contributed by atoms with Gasteiger partial charge in [0.25, 0.3) is 0 Å². The molecule has 3 aromatic carbocycles. The average Bonchev–Trinajstić information content (AvgIpc) is 2.83. The number of benzene rings is 3. The van der Waals surface area contributed by atoms with Crippen LogP contribution in [0.3, 0.4) is 0 Å². The van der Waals surface area contributed by atoms with Gasteiger partial charge in [-0.2, -0.15) is 20.5 Å². The number of nitrogens with one attached hydrogen (secondary N) is 1. The lowest BCUT2D eigenvalue weighted by Crippen LogP contribution is -1.84. The summed E-state index contributed by atoms with van der Waals surface area (Å²) in [6.45, 7) is 0. The fourth-order valence-electron chi connectivity index (χ4n) is 2.27. The quantitative estimate of drug-likeness (QED) is 0.321. The Labute approximate surface area is 193 Å². The van der Waals surface area contributed by atoms with Gasteiger partial charge in [0.05, 0.1) is 22.7 Å². The second-order valence-electron chi connectivity index (χ2n) is 5.93. The van der Waals surface area contributed by atoms with Crippen LogP contribution in [0.25, 0.3) is 0 Å². The van der Waals surface area contributed by atoms with Crippen molar-refractivity contribution in [2.24, 2.45) is 20.5 Å². The van der Waals surface area contributed by atoms with Gasteiger partial charge >= 0.3 is 0 Å². The third kappa shape index (κ3) is 6.91. The number of azo groups is 2. The molecule has 6 nitrogen and oxygen atoms in total. The van der Waals surface area contributed by atoms with Crippen molar-refractivity contribution >= 4 is 28.4 Å². The van der Waals surface area contributed by atoms with E-state index in [0.29, 0.717) is 17.1 Å². The van der Waals surface area contributed by atoms with E-state index in [2.05, 4.69) is 55.6 Å². The highest BCUT2D eigenvalue weighted by atomic mass is 16.5.